The number of amides is 2. The number of ether oxygens (including phenoxy) is 2. The highest BCUT2D eigenvalue weighted by Crippen LogP contribution is 2.26. The van der Waals surface area contributed by atoms with Gasteiger partial charge in [0, 0.05) is 42.6 Å². The zero-order valence-electron chi connectivity index (χ0n) is 19.6. The Balaban J connectivity index is 1.38. The Kier molecular flexibility index (Phi) is 7.59. The molecule has 0 aliphatic carbocycles. The Morgan fingerprint density at radius 1 is 1.19 bits per heavy atom. The Hall–Kier alpha value is -4.25. The van der Waals surface area contributed by atoms with Crippen molar-refractivity contribution in [2.24, 2.45) is 0 Å². The molecule has 2 heterocycles. The predicted octanol–water partition coefficient (Wildman–Crippen LogP) is 2.20. The fraction of sp³-hybridized carbons (Fsp3) is 0.280. The van der Waals surface area contributed by atoms with Gasteiger partial charge in [-0.2, -0.15) is 5.10 Å². The van der Waals surface area contributed by atoms with E-state index in [0.717, 1.165) is 17.3 Å². The van der Waals surface area contributed by atoms with Crippen molar-refractivity contribution in [3.05, 3.63) is 81.8 Å². The fourth-order valence-electron chi connectivity index (χ4n) is 3.83. The predicted molar refractivity (Wildman–Crippen MR) is 130 cm³/mol. The topological polar surface area (TPSA) is 134 Å². The van der Waals surface area contributed by atoms with Crippen molar-refractivity contribution in [3.63, 3.8) is 0 Å². The lowest BCUT2D eigenvalue weighted by atomic mass is 9.96. The Morgan fingerprint density at radius 2 is 2.00 bits per heavy atom. The zero-order valence-corrected chi connectivity index (χ0v) is 19.6. The summed E-state index contributed by atoms with van der Waals surface area (Å²) in [5.41, 5.74) is 0.973. The fourth-order valence-corrected chi connectivity index (χ4v) is 3.83. The molecule has 11 heteroatoms. The van der Waals surface area contributed by atoms with Gasteiger partial charge in [-0.05, 0) is 35.9 Å². The first kappa shape index (κ1) is 24.9. The molecule has 4 rings (SSSR count). The van der Waals surface area contributed by atoms with E-state index < -0.39 is 23.7 Å². The number of nitrogens with one attached hydrogen (secondary N) is 4. The number of hydrogen-bond acceptors (Lipinski definition) is 7. The van der Waals surface area contributed by atoms with E-state index in [1.165, 1.54) is 13.3 Å². The number of methoxy groups -OCH3 is 1. The molecule has 1 aliphatic rings. The van der Waals surface area contributed by atoms with Gasteiger partial charge in [0.05, 0.1) is 25.5 Å². The monoisotopic (exact) mass is 495 g/mol. The maximum atomic E-state index is 13.4. The van der Waals surface area contributed by atoms with Gasteiger partial charge in [-0.25, -0.2) is 9.49 Å². The minimum absolute atomic E-state index is 0.0167. The summed E-state index contributed by atoms with van der Waals surface area (Å²) in [5.74, 6) is -0.398. The number of aromatic amines is 1. The molecular weight excluding hydrogens is 469 g/mol. The molecule has 2 aromatic carbocycles. The van der Waals surface area contributed by atoms with Gasteiger partial charge in [0.2, 0.25) is 5.91 Å². The molecule has 10 nitrogen and oxygen atoms in total. The molecule has 0 saturated carbocycles. The van der Waals surface area contributed by atoms with Crippen molar-refractivity contribution < 1.29 is 23.5 Å². The normalized spacial score (nSPS) is 16.8. The molecule has 2 amide bonds. The number of H-pyrrole nitrogens is 1. The van der Waals surface area contributed by atoms with Gasteiger partial charge in [0.1, 0.15) is 18.0 Å². The van der Waals surface area contributed by atoms with E-state index in [4.69, 9.17) is 9.47 Å². The van der Waals surface area contributed by atoms with Gasteiger partial charge in [-0.1, -0.05) is 12.1 Å². The molecule has 188 valence electrons. The average molecular weight is 496 g/mol. The van der Waals surface area contributed by atoms with Crippen LogP contribution in [0.3, 0.4) is 0 Å². The van der Waals surface area contributed by atoms with E-state index in [-0.39, 0.29) is 24.6 Å². The van der Waals surface area contributed by atoms with Gasteiger partial charge < -0.3 is 25.4 Å². The number of anilines is 2. The number of carbonyl (C=O) groups is 2. The van der Waals surface area contributed by atoms with Crippen LogP contribution in [-0.2, 0) is 22.8 Å². The molecular formula is C25H26FN5O5. The van der Waals surface area contributed by atoms with Gasteiger partial charge in [0.15, 0.2) is 0 Å². The number of benzene rings is 2. The molecule has 1 aromatic heterocycles. The van der Waals surface area contributed by atoms with Gasteiger partial charge in [-0.3, -0.25) is 14.4 Å². The summed E-state index contributed by atoms with van der Waals surface area (Å²) in [5, 5.41) is 14.6. The van der Waals surface area contributed by atoms with Crippen molar-refractivity contribution in [1.82, 2.24) is 20.8 Å². The number of nitrogens with zero attached hydrogens (tertiary/aromatic N) is 1. The quantitative estimate of drug-likeness (QED) is 0.358. The van der Waals surface area contributed by atoms with Gasteiger partial charge in [-0.15, -0.1) is 0 Å². The Bertz CT molecular complexity index is 1290. The van der Waals surface area contributed by atoms with Crippen LogP contribution in [0.25, 0.3) is 0 Å². The van der Waals surface area contributed by atoms with Crippen molar-refractivity contribution in [3.8, 4) is 5.75 Å². The number of alkyl halides is 1. The highest BCUT2D eigenvalue weighted by molar-refractivity contribution is 5.99. The lowest BCUT2D eigenvalue weighted by Gasteiger charge is -2.27. The SMILES string of the molecule is COc1ccc(Nc2ccc(CNC(=O)[C@]3(NC(=O)c4cn[nH]c(=O)c4)CCOC3)cc2)c(CF)c1. The molecule has 1 saturated heterocycles. The van der Waals surface area contributed by atoms with Crippen LogP contribution in [-0.4, -0.2) is 47.9 Å². The molecule has 3 aromatic rings. The molecule has 0 bridgehead atoms. The number of hydrogen-bond donors (Lipinski definition) is 4. The highest BCUT2D eigenvalue weighted by atomic mass is 19.1. The molecule has 36 heavy (non-hydrogen) atoms. The second kappa shape index (κ2) is 11.0. The van der Waals surface area contributed by atoms with E-state index in [0.29, 0.717) is 30.0 Å². The average Bonchev–Trinajstić information content (AvgIpc) is 3.38. The molecule has 0 spiro atoms. The molecule has 1 fully saturated rings. The van der Waals surface area contributed by atoms with Crippen LogP contribution in [0.5, 0.6) is 5.75 Å². The molecule has 4 N–H and O–H groups in total. The maximum absolute atomic E-state index is 13.4. The number of carbonyl (C=O) groups excluding carboxylic acids is 2. The highest BCUT2D eigenvalue weighted by Gasteiger charge is 2.43. The van der Waals surface area contributed by atoms with Crippen molar-refractivity contribution >= 4 is 23.2 Å². The molecule has 1 atom stereocenters. The lowest BCUT2D eigenvalue weighted by molar-refractivity contribution is -0.127. The van der Waals surface area contributed by atoms with Crippen LogP contribution in [0, 0.1) is 0 Å². The Labute approximate surface area is 206 Å². The summed E-state index contributed by atoms with van der Waals surface area (Å²) in [4.78, 5) is 37.1. The standard InChI is InChI=1S/C25H26FN5O5/c1-35-20-6-7-21(17(10-20)12-26)29-19-4-2-16(3-5-19)13-27-24(34)25(8-9-36-15-25)30-23(33)18-11-22(32)31-28-14-18/h2-7,10-11,14,29H,8-9,12-13,15H2,1H3,(H,27,34)(H,30,33)(H,31,32)/t25-/m0/s1. The van der Waals surface area contributed by atoms with Crippen LogP contribution >= 0.6 is 0 Å². The minimum atomic E-state index is -1.25. The van der Waals surface area contributed by atoms with E-state index in [1.807, 2.05) is 24.3 Å². The molecule has 1 aliphatic heterocycles. The molecule has 0 radical (unpaired) electrons. The van der Waals surface area contributed by atoms with E-state index in [2.05, 4.69) is 26.1 Å². The van der Waals surface area contributed by atoms with Crippen LogP contribution in [0.15, 0.2) is 59.5 Å². The number of rotatable bonds is 9. The minimum Gasteiger partial charge on any atom is -0.497 e. The first-order valence-electron chi connectivity index (χ1n) is 11.2. The summed E-state index contributed by atoms with van der Waals surface area (Å²) in [6.45, 7) is -0.0821. The number of aromatic nitrogens is 2. The van der Waals surface area contributed by atoms with Crippen molar-refractivity contribution in [2.45, 2.75) is 25.2 Å². The third-order valence-corrected chi connectivity index (χ3v) is 5.88. The number of halogens is 1. The van der Waals surface area contributed by atoms with E-state index >= 15 is 0 Å². The van der Waals surface area contributed by atoms with Crippen molar-refractivity contribution in [2.75, 3.05) is 25.6 Å². The van der Waals surface area contributed by atoms with Crippen LogP contribution in [0.4, 0.5) is 15.8 Å². The third-order valence-electron chi connectivity index (χ3n) is 5.88. The maximum Gasteiger partial charge on any atom is 0.264 e. The summed E-state index contributed by atoms with van der Waals surface area (Å²) in [6.07, 6.45) is 1.51. The second-order valence-electron chi connectivity index (χ2n) is 8.33. The van der Waals surface area contributed by atoms with Gasteiger partial charge >= 0.3 is 0 Å². The second-order valence-corrected chi connectivity index (χ2v) is 8.33. The smallest absolute Gasteiger partial charge is 0.264 e. The molecule has 0 unspecified atom stereocenters. The summed E-state index contributed by atoms with van der Waals surface area (Å²) < 4.78 is 23.9. The lowest BCUT2D eigenvalue weighted by Crippen LogP contribution is -2.59. The summed E-state index contributed by atoms with van der Waals surface area (Å²) >= 11 is 0. The third kappa shape index (κ3) is 5.69. The zero-order chi connectivity index (χ0) is 25.5. The van der Waals surface area contributed by atoms with Crippen LogP contribution in [0.1, 0.15) is 27.9 Å². The van der Waals surface area contributed by atoms with E-state index in [1.54, 1.807) is 18.2 Å². The van der Waals surface area contributed by atoms with Crippen LogP contribution in [0.2, 0.25) is 0 Å². The first-order chi connectivity index (χ1) is 17.4. The van der Waals surface area contributed by atoms with Crippen molar-refractivity contribution in [1.29, 1.82) is 0 Å². The van der Waals surface area contributed by atoms with E-state index in [9.17, 15) is 18.8 Å². The first-order valence-corrected chi connectivity index (χ1v) is 11.2. The largest absolute Gasteiger partial charge is 0.497 e. The summed E-state index contributed by atoms with van der Waals surface area (Å²) in [7, 11) is 1.53. The Morgan fingerprint density at radius 3 is 2.67 bits per heavy atom. The summed E-state index contributed by atoms with van der Waals surface area (Å²) in [6, 6.07) is 13.6. The van der Waals surface area contributed by atoms with Gasteiger partial charge in [0.25, 0.3) is 11.5 Å². The van der Waals surface area contributed by atoms with Crippen LogP contribution < -0.4 is 26.2 Å².